The van der Waals surface area contributed by atoms with E-state index in [1.807, 2.05) is 37.3 Å². The molecule has 7 heteroatoms. The average Bonchev–Trinajstić information content (AvgIpc) is 2.55. The van der Waals surface area contributed by atoms with Gasteiger partial charge in [0, 0.05) is 13.1 Å². The number of nitrogens with one attached hydrogen (secondary N) is 2. The Morgan fingerprint density at radius 3 is 2.62 bits per heavy atom. The van der Waals surface area contributed by atoms with Gasteiger partial charge in [-0.2, -0.15) is 0 Å². The number of aromatic nitrogens is 2. The third-order valence-corrected chi connectivity index (χ3v) is 3.68. The van der Waals surface area contributed by atoms with E-state index in [9.17, 15) is 19.5 Å². The molecule has 0 saturated heterocycles. The Morgan fingerprint density at radius 2 is 1.96 bits per heavy atom. The highest BCUT2D eigenvalue weighted by atomic mass is 16.3. The van der Waals surface area contributed by atoms with E-state index in [1.165, 1.54) is 0 Å². The largest absolute Gasteiger partial charge is 0.494 e. The van der Waals surface area contributed by atoms with Crippen LogP contribution in [0.1, 0.15) is 35.7 Å². The number of hydrogen-bond donors (Lipinski definition) is 3. The first-order chi connectivity index (χ1) is 11.5. The fourth-order valence-electron chi connectivity index (χ4n) is 2.32. The van der Waals surface area contributed by atoms with Gasteiger partial charge in [-0.15, -0.1) is 0 Å². The summed E-state index contributed by atoms with van der Waals surface area (Å²) < 4.78 is 1.00. The number of H-pyrrole nitrogens is 1. The number of nitrogens with zero attached hydrogens (tertiary/aromatic N) is 1. The van der Waals surface area contributed by atoms with Crippen molar-refractivity contribution in [3.63, 3.8) is 0 Å². The summed E-state index contributed by atoms with van der Waals surface area (Å²) in [6.07, 6.45) is 2.13. The van der Waals surface area contributed by atoms with Crippen LogP contribution in [-0.2, 0) is 13.0 Å². The Labute approximate surface area is 139 Å². The predicted molar refractivity (Wildman–Crippen MR) is 90.4 cm³/mol. The van der Waals surface area contributed by atoms with E-state index in [1.54, 1.807) is 0 Å². The number of aromatic hydroxyl groups is 1. The number of hydrogen-bond acceptors (Lipinski definition) is 4. The predicted octanol–water partition coefficient (Wildman–Crippen LogP) is 1.01. The van der Waals surface area contributed by atoms with E-state index < -0.39 is 28.6 Å². The van der Waals surface area contributed by atoms with Gasteiger partial charge in [-0.1, -0.05) is 43.7 Å². The van der Waals surface area contributed by atoms with Gasteiger partial charge in [-0.05, 0) is 18.4 Å². The molecule has 0 spiro atoms. The smallest absolute Gasteiger partial charge is 0.331 e. The molecule has 0 fully saturated rings. The van der Waals surface area contributed by atoms with Gasteiger partial charge in [0.1, 0.15) is 0 Å². The van der Waals surface area contributed by atoms with Crippen LogP contribution in [-0.4, -0.2) is 27.1 Å². The molecule has 0 aliphatic rings. The first-order valence-electron chi connectivity index (χ1n) is 7.92. The summed E-state index contributed by atoms with van der Waals surface area (Å²) in [5.74, 6) is -1.29. The molecular weight excluding hydrogens is 310 g/mol. The van der Waals surface area contributed by atoms with Gasteiger partial charge in [0.2, 0.25) is 5.88 Å². The molecule has 0 unspecified atom stereocenters. The third-order valence-electron chi connectivity index (χ3n) is 3.68. The van der Waals surface area contributed by atoms with E-state index in [0.29, 0.717) is 13.0 Å². The SMILES string of the molecule is CCCCNC(=O)c1c(O)n(CCc2ccccc2)c(=O)[nH]c1=O. The molecule has 0 saturated carbocycles. The van der Waals surface area contributed by atoms with Crippen LogP contribution >= 0.6 is 0 Å². The molecule has 3 N–H and O–H groups in total. The Morgan fingerprint density at radius 1 is 1.25 bits per heavy atom. The number of carbonyl (C=O) groups is 1. The highest BCUT2D eigenvalue weighted by molar-refractivity contribution is 5.95. The summed E-state index contributed by atoms with van der Waals surface area (Å²) in [6, 6.07) is 9.42. The minimum absolute atomic E-state index is 0.153. The maximum atomic E-state index is 12.1. The van der Waals surface area contributed by atoms with Crippen molar-refractivity contribution in [3.8, 4) is 5.88 Å². The van der Waals surface area contributed by atoms with Crippen molar-refractivity contribution >= 4 is 5.91 Å². The van der Waals surface area contributed by atoms with Crippen LogP contribution in [0.15, 0.2) is 39.9 Å². The first kappa shape index (κ1) is 17.5. The van der Waals surface area contributed by atoms with Gasteiger partial charge in [0.15, 0.2) is 5.56 Å². The second-order valence-corrected chi connectivity index (χ2v) is 5.45. The molecule has 0 aliphatic carbocycles. The van der Waals surface area contributed by atoms with Crippen LogP contribution in [0, 0.1) is 0 Å². The van der Waals surface area contributed by atoms with Crippen molar-refractivity contribution in [1.82, 2.24) is 14.9 Å². The molecule has 0 bridgehead atoms. The highest BCUT2D eigenvalue weighted by Crippen LogP contribution is 2.11. The van der Waals surface area contributed by atoms with E-state index >= 15 is 0 Å². The van der Waals surface area contributed by atoms with Crippen molar-refractivity contribution in [1.29, 1.82) is 0 Å². The topological polar surface area (TPSA) is 104 Å². The summed E-state index contributed by atoms with van der Waals surface area (Å²) in [4.78, 5) is 38.0. The van der Waals surface area contributed by atoms with Crippen molar-refractivity contribution in [2.75, 3.05) is 6.54 Å². The van der Waals surface area contributed by atoms with Gasteiger partial charge in [-0.3, -0.25) is 19.1 Å². The Bertz CT molecular complexity index is 809. The van der Waals surface area contributed by atoms with Crippen molar-refractivity contribution in [2.45, 2.75) is 32.7 Å². The molecule has 0 aliphatic heterocycles. The highest BCUT2D eigenvalue weighted by Gasteiger charge is 2.20. The van der Waals surface area contributed by atoms with Crippen molar-refractivity contribution in [3.05, 3.63) is 62.3 Å². The average molecular weight is 331 g/mol. The second-order valence-electron chi connectivity index (χ2n) is 5.45. The lowest BCUT2D eigenvalue weighted by atomic mass is 10.1. The zero-order valence-electron chi connectivity index (χ0n) is 13.5. The zero-order chi connectivity index (χ0) is 17.5. The van der Waals surface area contributed by atoms with Crippen LogP contribution in [0.2, 0.25) is 0 Å². The molecule has 1 aromatic heterocycles. The van der Waals surface area contributed by atoms with E-state index in [4.69, 9.17) is 0 Å². The maximum absolute atomic E-state index is 12.1. The molecule has 1 amide bonds. The molecule has 7 nitrogen and oxygen atoms in total. The van der Waals surface area contributed by atoms with Crippen LogP contribution in [0.5, 0.6) is 5.88 Å². The fourth-order valence-corrected chi connectivity index (χ4v) is 2.32. The van der Waals surface area contributed by atoms with Gasteiger partial charge in [-0.25, -0.2) is 4.79 Å². The van der Waals surface area contributed by atoms with Crippen molar-refractivity contribution < 1.29 is 9.90 Å². The molecule has 128 valence electrons. The number of rotatable bonds is 7. The number of aromatic amines is 1. The summed E-state index contributed by atoms with van der Waals surface area (Å²) in [7, 11) is 0. The van der Waals surface area contributed by atoms with Crippen LogP contribution in [0.4, 0.5) is 0 Å². The van der Waals surface area contributed by atoms with Crippen LogP contribution < -0.4 is 16.6 Å². The summed E-state index contributed by atoms with van der Waals surface area (Å²) in [6.45, 7) is 2.53. The van der Waals surface area contributed by atoms with Gasteiger partial charge < -0.3 is 10.4 Å². The zero-order valence-corrected chi connectivity index (χ0v) is 13.5. The molecule has 0 atom stereocenters. The molecule has 2 aromatic rings. The van der Waals surface area contributed by atoms with Crippen molar-refractivity contribution in [2.24, 2.45) is 0 Å². The molecule has 1 aromatic carbocycles. The van der Waals surface area contributed by atoms with E-state index in [-0.39, 0.29) is 6.54 Å². The summed E-state index contributed by atoms with van der Waals surface area (Å²) in [5, 5.41) is 12.8. The first-order valence-corrected chi connectivity index (χ1v) is 7.92. The van der Waals surface area contributed by atoms with Crippen LogP contribution in [0.3, 0.4) is 0 Å². The number of aryl methyl sites for hydroxylation is 1. The lowest BCUT2D eigenvalue weighted by molar-refractivity contribution is 0.0946. The van der Waals surface area contributed by atoms with Gasteiger partial charge >= 0.3 is 5.69 Å². The number of carbonyl (C=O) groups excluding carboxylic acids is 1. The standard InChI is InChI=1S/C17H21N3O4/c1-2-3-10-18-14(21)13-15(22)19-17(24)20(16(13)23)11-9-12-7-5-4-6-8-12/h4-8,23H,2-3,9-11H2,1H3,(H,18,21)(H,19,22,24). The van der Waals surface area contributed by atoms with E-state index in [2.05, 4.69) is 10.3 Å². The number of benzene rings is 1. The molecule has 2 rings (SSSR count). The normalized spacial score (nSPS) is 10.5. The Kier molecular flexibility index (Phi) is 5.95. The summed E-state index contributed by atoms with van der Waals surface area (Å²) in [5.41, 5.74) is -1.08. The number of amides is 1. The number of unbranched alkanes of at least 4 members (excludes halogenated alkanes) is 1. The third kappa shape index (κ3) is 4.13. The molecule has 1 heterocycles. The molecular formula is C17H21N3O4. The van der Waals surface area contributed by atoms with Gasteiger partial charge in [0.05, 0.1) is 0 Å². The quantitative estimate of drug-likeness (QED) is 0.659. The van der Waals surface area contributed by atoms with E-state index in [0.717, 1.165) is 23.0 Å². The lowest BCUT2D eigenvalue weighted by Gasteiger charge is -2.11. The Hall–Kier alpha value is -2.83. The maximum Gasteiger partial charge on any atom is 0.331 e. The monoisotopic (exact) mass is 331 g/mol. The lowest BCUT2D eigenvalue weighted by Crippen LogP contribution is -2.38. The minimum Gasteiger partial charge on any atom is -0.494 e. The van der Waals surface area contributed by atoms with Gasteiger partial charge in [0.25, 0.3) is 11.5 Å². The minimum atomic E-state index is -0.887. The molecule has 24 heavy (non-hydrogen) atoms. The fraction of sp³-hybridized carbons (Fsp3) is 0.353. The Balaban J connectivity index is 2.25. The van der Waals surface area contributed by atoms with Crippen LogP contribution in [0.25, 0.3) is 0 Å². The summed E-state index contributed by atoms with van der Waals surface area (Å²) >= 11 is 0. The molecule has 0 radical (unpaired) electrons. The second kappa shape index (κ2) is 8.14.